The van der Waals surface area contributed by atoms with Crippen molar-refractivity contribution in [3.05, 3.63) is 35.7 Å². The Morgan fingerprint density at radius 2 is 1.96 bits per heavy atom. The zero-order valence-electron chi connectivity index (χ0n) is 17.0. The van der Waals surface area contributed by atoms with Gasteiger partial charge in [0.25, 0.3) is 0 Å². The van der Waals surface area contributed by atoms with Gasteiger partial charge in [-0.1, -0.05) is 43.2 Å². The zero-order valence-corrected chi connectivity index (χ0v) is 17.8. The number of nitrogens with zero attached hydrogens (tertiary/aromatic N) is 3. The monoisotopic (exact) mass is 402 g/mol. The Balaban J connectivity index is 1.51. The largest absolute Gasteiger partial charge is 0.497 e. The molecular weight excluding hydrogens is 372 g/mol. The summed E-state index contributed by atoms with van der Waals surface area (Å²) < 4.78 is 7.41. The molecule has 0 saturated heterocycles. The molecule has 1 aliphatic carbocycles. The molecule has 2 aromatic rings. The number of thioether (sulfide) groups is 1. The maximum absolute atomic E-state index is 12.5. The van der Waals surface area contributed by atoms with Gasteiger partial charge in [-0.2, -0.15) is 0 Å². The van der Waals surface area contributed by atoms with E-state index in [0.29, 0.717) is 12.6 Å². The quantitative estimate of drug-likeness (QED) is 0.677. The Hall–Kier alpha value is -2.02. The second-order valence-electron chi connectivity index (χ2n) is 7.34. The molecule has 0 radical (unpaired) electrons. The first-order valence-corrected chi connectivity index (χ1v) is 10.9. The van der Waals surface area contributed by atoms with Crippen LogP contribution < -0.4 is 10.1 Å². The smallest absolute Gasteiger partial charge is 0.233 e. The van der Waals surface area contributed by atoms with Crippen LogP contribution in [0.5, 0.6) is 5.75 Å². The summed E-state index contributed by atoms with van der Waals surface area (Å²) >= 11 is 1.50. The number of ether oxygens (including phenoxy) is 1. The molecule has 1 N–H and O–H groups in total. The Bertz CT molecular complexity index is 769. The molecule has 0 aliphatic heterocycles. The van der Waals surface area contributed by atoms with Crippen molar-refractivity contribution >= 4 is 17.7 Å². The molecule has 1 aliphatic rings. The molecule has 28 heavy (non-hydrogen) atoms. The van der Waals surface area contributed by atoms with Crippen LogP contribution in [0.4, 0.5) is 0 Å². The lowest BCUT2D eigenvalue weighted by Gasteiger charge is -2.25. The number of amides is 1. The first kappa shape index (κ1) is 20.7. The van der Waals surface area contributed by atoms with Crippen molar-refractivity contribution in [2.45, 2.75) is 68.8 Å². The van der Waals surface area contributed by atoms with Gasteiger partial charge < -0.3 is 14.6 Å². The fraction of sp³-hybridized carbons (Fsp3) is 0.571. The maximum atomic E-state index is 12.5. The Labute approximate surface area is 171 Å². The summed E-state index contributed by atoms with van der Waals surface area (Å²) in [7, 11) is 1.66. The average Bonchev–Trinajstić information content (AvgIpc) is 3.09. The van der Waals surface area contributed by atoms with Crippen LogP contribution in [0, 0.1) is 6.92 Å². The molecule has 6 nitrogen and oxygen atoms in total. The molecule has 1 aromatic carbocycles. The van der Waals surface area contributed by atoms with Gasteiger partial charge in [-0.15, -0.1) is 10.2 Å². The third-order valence-electron chi connectivity index (χ3n) is 5.30. The van der Waals surface area contributed by atoms with Crippen LogP contribution in [-0.4, -0.2) is 39.6 Å². The molecule has 1 heterocycles. The highest BCUT2D eigenvalue weighted by Gasteiger charge is 2.24. The molecule has 3 rings (SSSR count). The van der Waals surface area contributed by atoms with Gasteiger partial charge in [0.1, 0.15) is 11.6 Å². The van der Waals surface area contributed by atoms with Gasteiger partial charge in [0.2, 0.25) is 5.91 Å². The van der Waals surface area contributed by atoms with Crippen LogP contribution in [-0.2, 0) is 11.2 Å². The highest BCUT2D eigenvalue weighted by Crippen LogP contribution is 2.33. The standard InChI is InChI=1S/C21H30N4O2S/c1-15(20(26)22-14-13-17-9-11-19(27-3)12-10-17)28-21-24-23-16(2)25(21)18-7-5-4-6-8-18/h9-12,15,18H,4-8,13-14H2,1-3H3,(H,22,26). The zero-order chi connectivity index (χ0) is 19.9. The second-order valence-corrected chi connectivity index (χ2v) is 8.65. The molecule has 7 heteroatoms. The van der Waals surface area contributed by atoms with Crippen LogP contribution in [0.25, 0.3) is 0 Å². The lowest BCUT2D eigenvalue weighted by atomic mass is 9.95. The molecule has 152 valence electrons. The third-order valence-corrected chi connectivity index (χ3v) is 6.35. The predicted molar refractivity (Wildman–Crippen MR) is 112 cm³/mol. The van der Waals surface area contributed by atoms with E-state index in [1.807, 2.05) is 38.1 Å². The summed E-state index contributed by atoms with van der Waals surface area (Å²) in [5.41, 5.74) is 1.18. The van der Waals surface area contributed by atoms with Gasteiger partial charge >= 0.3 is 0 Å². The molecule has 1 saturated carbocycles. The number of carbonyl (C=O) groups excluding carboxylic acids is 1. The molecule has 1 unspecified atom stereocenters. The molecule has 0 spiro atoms. The van der Waals surface area contributed by atoms with Gasteiger partial charge in [-0.25, -0.2) is 0 Å². The number of benzene rings is 1. The van der Waals surface area contributed by atoms with Crippen molar-refractivity contribution < 1.29 is 9.53 Å². The first-order chi connectivity index (χ1) is 13.6. The summed E-state index contributed by atoms with van der Waals surface area (Å²) in [6.07, 6.45) is 6.98. The fourth-order valence-electron chi connectivity index (χ4n) is 3.67. The number of aromatic nitrogens is 3. The topological polar surface area (TPSA) is 69.0 Å². The highest BCUT2D eigenvalue weighted by molar-refractivity contribution is 8.00. The number of methoxy groups -OCH3 is 1. The van der Waals surface area contributed by atoms with Crippen molar-refractivity contribution in [2.75, 3.05) is 13.7 Å². The normalized spacial score (nSPS) is 16.0. The van der Waals surface area contributed by atoms with E-state index in [0.717, 1.165) is 23.2 Å². The summed E-state index contributed by atoms with van der Waals surface area (Å²) in [6, 6.07) is 8.40. The minimum atomic E-state index is -0.207. The van der Waals surface area contributed by atoms with Crippen molar-refractivity contribution in [2.24, 2.45) is 0 Å². The molecule has 0 bridgehead atoms. The Kier molecular flexibility index (Phi) is 7.36. The average molecular weight is 403 g/mol. The van der Waals surface area contributed by atoms with Gasteiger partial charge in [-0.05, 0) is 50.8 Å². The van der Waals surface area contributed by atoms with Gasteiger partial charge in [-0.3, -0.25) is 4.79 Å². The van der Waals surface area contributed by atoms with Crippen LogP contribution in [0.3, 0.4) is 0 Å². The Morgan fingerprint density at radius 1 is 1.25 bits per heavy atom. The number of nitrogens with one attached hydrogen (secondary N) is 1. The number of hydrogen-bond acceptors (Lipinski definition) is 5. The molecule has 1 fully saturated rings. The lowest BCUT2D eigenvalue weighted by Crippen LogP contribution is -2.32. The number of hydrogen-bond donors (Lipinski definition) is 1. The third kappa shape index (κ3) is 5.28. The van der Waals surface area contributed by atoms with Crippen LogP contribution in [0.1, 0.15) is 56.5 Å². The van der Waals surface area contributed by atoms with Crippen LogP contribution in [0.15, 0.2) is 29.4 Å². The van der Waals surface area contributed by atoms with E-state index in [-0.39, 0.29) is 11.2 Å². The molecule has 1 aromatic heterocycles. The minimum Gasteiger partial charge on any atom is -0.497 e. The Morgan fingerprint density at radius 3 is 2.64 bits per heavy atom. The van der Waals surface area contributed by atoms with E-state index in [1.54, 1.807) is 7.11 Å². The maximum Gasteiger partial charge on any atom is 0.233 e. The van der Waals surface area contributed by atoms with Crippen molar-refractivity contribution in [3.63, 3.8) is 0 Å². The lowest BCUT2D eigenvalue weighted by molar-refractivity contribution is -0.120. The van der Waals surface area contributed by atoms with E-state index in [4.69, 9.17) is 4.74 Å². The van der Waals surface area contributed by atoms with E-state index < -0.39 is 0 Å². The fourth-order valence-corrected chi connectivity index (χ4v) is 4.66. The van der Waals surface area contributed by atoms with Gasteiger partial charge in [0, 0.05) is 12.6 Å². The highest BCUT2D eigenvalue weighted by atomic mass is 32.2. The summed E-state index contributed by atoms with van der Waals surface area (Å²) in [4.78, 5) is 12.5. The van der Waals surface area contributed by atoms with Gasteiger partial charge in [0.05, 0.1) is 12.4 Å². The number of aryl methyl sites for hydroxylation is 1. The molecule has 1 atom stereocenters. The van der Waals surface area contributed by atoms with Crippen LogP contribution >= 0.6 is 11.8 Å². The van der Waals surface area contributed by atoms with E-state index in [2.05, 4.69) is 20.1 Å². The molecule has 1 amide bonds. The van der Waals surface area contributed by atoms with E-state index in [1.165, 1.54) is 49.4 Å². The summed E-state index contributed by atoms with van der Waals surface area (Å²) in [6.45, 7) is 4.55. The van der Waals surface area contributed by atoms with Crippen molar-refractivity contribution in [1.82, 2.24) is 20.1 Å². The van der Waals surface area contributed by atoms with Crippen molar-refractivity contribution in [3.8, 4) is 5.75 Å². The minimum absolute atomic E-state index is 0.0364. The van der Waals surface area contributed by atoms with E-state index in [9.17, 15) is 4.79 Å². The number of rotatable bonds is 8. The van der Waals surface area contributed by atoms with Gasteiger partial charge in [0.15, 0.2) is 5.16 Å². The summed E-state index contributed by atoms with van der Waals surface area (Å²) in [5.74, 6) is 1.83. The summed E-state index contributed by atoms with van der Waals surface area (Å²) in [5, 5.41) is 12.3. The van der Waals surface area contributed by atoms with Crippen molar-refractivity contribution in [1.29, 1.82) is 0 Å². The SMILES string of the molecule is COc1ccc(CCNC(=O)C(C)Sc2nnc(C)n2C2CCCCC2)cc1. The van der Waals surface area contributed by atoms with Crippen LogP contribution in [0.2, 0.25) is 0 Å². The van der Waals surface area contributed by atoms with E-state index >= 15 is 0 Å². The predicted octanol–water partition coefficient (Wildman–Crippen LogP) is 3.94. The second kappa shape index (κ2) is 9.96. The number of carbonyl (C=O) groups is 1. The first-order valence-electron chi connectivity index (χ1n) is 10.1. The molecular formula is C21H30N4O2S.